The van der Waals surface area contributed by atoms with Gasteiger partial charge in [0.15, 0.2) is 0 Å². The highest BCUT2D eigenvalue weighted by molar-refractivity contribution is 9.10. The minimum atomic E-state index is 0.0511. The summed E-state index contributed by atoms with van der Waals surface area (Å²) in [4.78, 5) is 0. The highest BCUT2D eigenvalue weighted by atomic mass is 79.9. The van der Waals surface area contributed by atoms with Crippen LogP contribution in [-0.2, 0) is 36.8 Å². The molecule has 0 aliphatic rings. The van der Waals surface area contributed by atoms with Crippen LogP contribution in [0.1, 0.15) is 38.6 Å². The molecule has 2 heterocycles. The van der Waals surface area contributed by atoms with Crippen LogP contribution < -0.4 is 5.73 Å². The first-order valence-corrected chi connectivity index (χ1v) is 10.4. The molecule has 0 aromatic carbocycles. The summed E-state index contributed by atoms with van der Waals surface area (Å²) in [5, 5.41) is 24.9. The summed E-state index contributed by atoms with van der Waals surface area (Å²) in [5.74, 6) is 0. The van der Waals surface area contributed by atoms with Gasteiger partial charge in [-0.1, -0.05) is 27.2 Å². The first kappa shape index (κ1) is 29.9. The second-order valence-corrected chi connectivity index (χ2v) is 6.53. The molecule has 0 aliphatic carbocycles. The Balaban J connectivity index is 0. The first-order chi connectivity index (χ1) is 13.9. The molecule has 0 saturated heterocycles. The molecular formula is C19H38BrN5O4. The molecule has 0 fully saturated rings. The number of hydrogen-bond donors (Lipinski definition) is 3. The number of nitrogens with zero attached hydrogens (tertiary/aromatic N) is 4. The Morgan fingerprint density at radius 2 is 1.52 bits per heavy atom. The Morgan fingerprint density at radius 1 is 1.00 bits per heavy atom. The van der Waals surface area contributed by atoms with E-state index in [1.54, 1.807) is 21.8 Å². The molecule has 0 spiro atoms. The van der Waals surface area contributed by atoms with Gasteiger partial charge in [-0.25, -0.2) is 0 Å². The summed E-state index contributed by atoms with van der Waals surface area (Å²) in [5.41, 5.74) is 6.84. The maximum Gasteiger partial charge on any atom is 0.0897 e. The van der Waals surface area contributed by atoms with Crippen LogP contribution in [0.4, 0.5) is 0 Å². The molecule has 2 rings (SSSR count). The Labute approximate surface area is 182 Å². The van der Waals surface area contributed by atoms with Gasteiger partial charge in [-0.15, -0.1) is 0 Å². The summed E-state index contributed by atoms with van der Waals surface area (Å²) in [7, 11) is 3.71. The lowest BCUT2D eigenvalue weighted by Crippen LogP contribution is -2.04. The molecule has 170 valence electrons. The van der Waals surface area contributed by atoms with E-state index in [-0.39, 0.29) is 13.2 Å². The van der Waals surface area contributed by atoms with Crippen molar-refractivity contribution in [3.8, 4) is 0 Å². The van der Waals surface area contributed by atoms with Crippen molar-refractivity contribution in [2.24, 2.45) is 19.8 Å². The summed E-state index contributed by atoms with van der Waals surface area (Å²) in [6.07, 6.45) is 4.69. The van der Waals surface area contributed by atoms with Gasteiger partial charge in [0.1, 0.15) is 0 Å². The van der Waals surface area contributed by atoms with Gasteiger partial charge in [0, 0.05) is 20.3 Å². The number of aliphatic hydroxyl groups is 2. The van der Waals surface area contributed by atoms with Gasteiger partial charge in [-0.05, 0) is 28.5 Å². The number of aliphatic hydroxyl groups excluding tert-OH is 2. The fourth-order valence-electron chi connectivity index (χ4n) is 1.62. The van der Waals surface area contributed by atoms with Gasteiger partial charge in [-0.3, -0.25) is 9.36 Å². The quantitative estimate of drug-likeness (QED) is 0.495. The maximum absolute atomic E-state index is 8.47. The average molecular weight is 480 g/mol. The van der Waals surface area contributed by atoms with E-state index in [4.69, 9.17) is 25.4 Å². The van der Waals surface area contributed by atoms with E-state index in [2.05, 4.69) is 40.0 Å². The van der Waals surface area contributed by atoms with Crippen LogP contribution in [0.3, 0.4) is 0 Å². The molecule has 9 nitrogen and oxygen atoms in total. The standard InChI is InChI=1S/C7H11BrN2O2.C7H12N2O2.C3H8.C2H7N/c1-10-7(5-12-3-2-11)6(8)4-9-10;1-9-7(2-3-8-9)6-11-5-4-10;1-3-2;1-2-3/h4,11H,2-3,5H2,1H3;2-3,10H,4-6H2,1H3;3H2,1-2H3;2-3H2,1H3. The number of hydrogen-bond acceptors (Lipinski definition) is 7. The molecule has 0 saturated carbocycles. The van der Waals surface area contributed by atoms with Gasteiger partial charge < -0.3 is 25.4 Å². The predicted molar refractivity (Wildman–Crippen MR) is 118 cm³/mol. The number of aryl methyl sites for hydroxylation is 2. The van der Waals surface area contributed by atoms with E-state index in [9.17, 15) is 0 Å². The average Bonchev–Trinajstić information content (AvgIpc) is 3.24. The largest absolute Gasteiger partial charge is 0.394 e. The molecule has 10 heteroatoms. The van der Waals surface area contributed by atoms with Crippen molar-refractivity contribution in [1.82, 2.24) is 19.6 Å². The summed E-state index contributed by atoms with van der Waals surface area (Å²) in [6.45, 7) is 8.74. The van der Waals surface area contributed by atoms with Crippen molar-refractivity contribution in [3.63, 3.8) is 0 Å². The van der Waals surface area contributed by atoms with Crippen molar-refractivity contribution in [1.29, 1.82) is 0 Å². The normalized spacial score (nSPS) is 9.55. The Kier molecular flexibility index (Phi) is 22.1. The Morgan fingerprint density at radius 3 is 1.90 bits per heavy atom. The summed E-state index contributed by atoms with van der Waals surface area (Å²) < 4.78 is 14.7. The predicted octanol–water partition coefficient (Wildman–Crippen LogP) is 2.00. The highest BCUT2D eigenvalue weighted by Crippen LogP contribution is 2.15. The molecule has 2 aromatic heterocycles. The molecule has 0 radical (unpaired) electrons. The fraction of sp³-hybridized carbons (Fsp3) is 0.684. The van der Waals surface area contributed by atoms with E-state index >= 15 is 0 Å². The summed E-state index contributed by atoms with van der Waals surface area (Å²) >= 11 is 3.34. The lowest BCUT2D eigenvalue weighted by atomic mass is 10.4. The van der Waals surface area contributed by atoms with Gasteiger partial charge in [0.25, 0.3) is 0 Å². The number of rotatable bonds is 8. The van der Waals surface area contributed by atoms with Crippen molar-refractivity contribution >= 4 is 15.9 Å². The molecule has 0 amide bonds. The second kappa shape index (κ2) is 21.4. The van der Waals surface area contributed by atoms with Crippen molar-refractivity contribution < 1.29 is 19.7 Å². The van der Waals surface area contributed by atoms with Crippen LogP contribution in [0.5, 0.6) is 0 Å². The molecule has 0 aliphatic heterocycles. The molecule has 0 atom stereocenters. The highest BCUT2D eigenvalue weighted by Gasteiger charge is 2.04. The van der Waals surface area contributed by atoms with Crippen LogP contribution in [0, 0.1) is 0 Å². The van der Waals surface area contributed by atoms with Gasteiger partial charge in [0.2, 0.25) is 0 Å². The van der Waals surface area contributed by atoms with Gasteiger partial charge in [-0.2, -0.15) is 10.2 Å². The maximum atomic E-state index is 8.47. The van der Waals surface area contributed by atoms with E-state index in [0.717, 1.165) is 22.4 Å². The minimum Gasteiger partial charge on any atom is -0.394 e. The number of halogens is 1. The van der Waals surface area contributed by atoms with Crippen molar-refractivity contribution in [3.05, 3.63) is 34.3 Å². The van der Waals surface area contributed by atoms with Crippen LogP contribution in [0.2, 0.25) is 0 Å². The number of aromatic nitrogens is 4. The first-order valence-electron chi connectivity index (χ1n) is 9.63. The summed E-state index contributed by atoms with van der Waals surface area (Å²) in [6, 6.07) is 1.89. The SMILES string of the molecule is CCC.CCN.Cn1ncc(Br)c1COCCO.Cn1nccc1COCCO. The third kappa shape index (κ3) is 16.2. The van der Waals surface area contributed by atoms with Crippen molar-refractivity contribution in [2.75, 3.05) is 33.0 Å². The monoisotopic (exact) mass is 479 g/mol. The van der Waals surface area contributed by atoms with Crippen LogP contribution in [-0.4, -0.2) is 62.7 Å². The number of nitrogens with two attached hydrogens (primary N) is 1. The minimum absolute atomic E-state index is 0.0511. The van der Waals surface area contributed by atoms with Crippen LogP contribution in [0.15, 0.2) is 22.9 Å². The third-order valence-corrected chi connectivity index (χ3v) is 3.56. The zero-order valence-electron chi connectivity index (χ0n) is 18.3. The van der Waals surface area contributed by atoms with Crippen molar-refractivity contribution in [2.45, 2.75) is 40.4 Å². The molecule has 2 aromatic rings. The third-order valence-electron chi connectivity index (χ3n) is 2.89. The number of ether oxygens (including phenoxy) is 2. The fourth-order valence-corrected chi connectivity index (χ4v) is 2.08. The molecular weight excluding hydrogens is 442 g/mol. The van der Waals surface area contributed by atoms with E-state index in [1.165, 1.54) is 6.42 Å². The van der Waals surface area contributed by atoms with Gasteiger partial charge >= 0.3 is 0 Å². The zero-order chi connectivity index (χ0) is 22.5. The smallest absolute Gasteiger partial charge is 0.0897 e. The topological polar surface area (TPSA) is 121 Å². The lowest BCUT2D eigenvalue weighted by molar-refractivity contribution is 0.0776. The molecule has 0 unspecified atom stereocenters. The molecule has 4 N–H and O–H groups in total. The van der Waals surface area contributed by atoms with E-state index < -0.39 is 0 Å². The second-order valence-electron chi connectivity index (χ2n) is 5.68. The van der Waals surface area contributed by atoms with E-state index in [1.807, 2.05) is 27.1 Å². The Bertz CT molecular complexity index is 571. The zero-order valence-corrected chi connectivity index (χ0v) is 19.9. The van der Waals surface area contributed by atoms with E-state index in [0.29, 0.717) is 26.4 Å². The molecule has 29 heavy (non-hydrogen) atoms. The Hall–Kier alpha value is -1.30. The van der Waals surface area contributed by atoms with Crippen LogP contribution >= 0.6 is 15.9 Å². The van der Waals surface area contributed by atoms with Gasteiger partial charge in [0.05, 0.1) is 61.7 Å². The molecule has 0 bridgehead atoms. The van der Waals surface area contributed by atoms with Crippen LogP contribution in [0.25, 0.3) is 0 Å². The lowest BCUT2D eigenvalue weighted by Gasteiger charge is -2.02.